The van der Waals surface area contributed by atoms with Gasteiger partial charge in [-0.25, -0.2) is 4.98 Å². The lowest BCUT2D eigenvalue weighted by atomic mass is 10.2. The van der Waals surface area contributed by atoms with Gasteiger partial charge in [0.25, 0.3) is 11.8 Å². The van der Waals surface area contributed by atoms with Gasteiger partial charge < -0.3 is 10.6 Å². The SMILES string of the molecule is CCC(C)NC(=O)c1nc(C(=O)NCc2ccccn2)n2ccccc12. The zero-order valence-electron chi connectivity index (χ0n) is 14.8. The van der Waals surface area contributed by atoms with Crippen molar-refractivity contribution < 1.29 is 9.59 Å². The van der Waals surface area contributed by atoms with Gasteiger partial charge in [-0.15, -0.1) is 0 Å². The van der Waals surface area contributed by atoms with Crippen LogP contribution in [0.2, 0.25) is 0 Å². The number of nitrogens with zero attached hydrogens (tertiary/aromatic N) is 3. The highest BCUT2D eigenvalue weighted by molar-refractivity contribution is 6.02. The second-order valence-corrected chi connectivity index (χ2v) is 6.03. The second kappa shape index (κ2) is 7.77. The van der Waals surface area contributed by atoms with Gasteiger partial charge in [-0.3, -0.25) is 19.0 Å². The van der Waals surface area contributed by atoms with Gasteiger partial charge in [-0.1, -0.05) is 19.1 Å². The number of fused-ring (bicyclic) bond motifs is 1. The Hall–Kier alpha value is -3.22. The molecule has 1 unspecified atom stereocenters. The van der Waals surface area contributed by atoms with Crippen LogP contribution in [0.5, 0.6) is 0 Å². The van der Waals surface area contributed by atoms with Gasteiger partial charge >= 0.3 is 0 Å². The summed E-state index contributed by atoms with van der Waals surface area (Å²) in [5.41, 5.74) is 1.58. The van der Waals surface area contributed by atoms with Gasteiger partial charge in [0.1, 0.15) is 0 Å². The Morgan fingerprint density at radius 1 is 1.15 bits per heavy atom. The average Bonchev–Trinajstić information content (AvgIpc) is 3.06. The molecule has 26 heavy (non-hydrogen) atoms. The summed E-state index contributed by atoms with van der Waals surface area (Å²) in [6.45, 7) is 4.21. The molecule has 0 saturated heterocycles. The van der Waals surface area contributed by atoms with Crippen LogP contribution in [0.1, 0.15) is 47.1 Å². The van der Waals surface area contributed by atoms with Crippen LogP contribution in [0.4, 0.5) is 0 Å². The summed E-state index contributed by atoms with van der Waals surface area (Å²) in [7, 11) is 0. The highest BCUT2D eigenvalue weighted by Crippen LogP contribution is 2.14. The van der Waals surface area contributed by atoms with Gasteiger partial charge in [0.05, 0.1) is 17.8 Å². The summed E-state index contributed by atoms with van der Waals surface area (Å²) in [5, 5.41) is 5.69. The van der Waals surface area contributed by atoms with Gasteiger partial charge in [0, 0.05) is 18.4 Å². The molecular weight excluding hydrogens is 330 g/mol. The smallest absolute Gasteiger partial charge is 0.288 e. The molecule has 0 fully saturated rings. The van der Waals surface area contributed by atoms with Crippen LogP contribution in [0.3, 0.4) is 0 Å². The number of nitrogens with one attached hydrogen (secondary N) is 2. The van der Waals surface area contributed by atoms with Crippen molar-refractivity contribution in [3.05, 3.63) is 66.0 Å². The van der Waals surface area contributed by atoms with Crippen molar-refractivity contribution >= 4 is 17.3 Å². The molecule has 0 aliphatic rings. The molecule has 3 aromatic rings. The molecule has 7 nitrogen and oxygen atoms in total. The van der Waals surface area contributed by atoms with Crippen LogP contribution in [-0.4, -0.2) is 32.2 Å². The maximum atomic E-state index is 12.6. The molecule has 0 spiro atoms. The molecule has 2 N–H and O–H groups in total. The Morgan fingerprint density at radius 2 is 1.96 bits per heavy atom. The van der Waals surface area contributed by atoms with Crippen LogP contribution in [-0.2, 0) is 6.54 Å². The number of hydrogen-bond donors (Lipinski definition) is 2. The molecule has 0 radical (unpaired) electrons. The number of rotatable bonds is 6. The quantitative estimate of drug-likeness (QED) is 0.712. The lowest BCUT2D eigenvalue weighted by Crippen LogP contribution is -2.32. The molecule has 3 rings (SSSR count). The summed E-state index contributed by atoms with van der Waals surface area (Å²) in [6, 6.07) is 10.9. The van der Waals surface area contributed by atoms with E-state index < -0.39 is 0 Å². The van der Waals surface area contributed by atoms with Crippen molar-refractivity contribution in [2.45, 2.75) is 32.9 Å². The van der Waals surface area contributed by atoms with Crippen molar-refractivity contribution in [3.8, 4) is 0 Å². The minimum Gasteiger partial charge on any atom is -0.348 e. The molecule has 2 amide bonds. The number of pyridine rings is 2. The fourth-order valence-corrected chi connectivity index (χ4v) is 2.51. The highest BCUT2D eigenvalue weighted by atomic mass is 16.2. The molecule has 3 heterocycles. The first-order valence-corrected chi connectivity index (χ1v) is 8.56. The topological polar surface area (TPSA) is 88.4 Å². The van der Waals surface area contributed by atoms with Crippen LogP contribution < -0.4 is 10.6 Å². The first-order valence-electron chi connectivity index (χ1n) is 8.56. The molecule has 0 aliphatic heterocycles. The summed E-state index contributed by atoms with van der Waals surface area (Å²) in [4.78, 5) is 33.6. The van der Waals surface area contributed by atoms with Crippen molar-refractivity contribution in [3.63, 3.8) is 0 Å². The highest BCUT2D eigenvalue weighted by Gasteiger charge is 2.22. The Labute approximate surface area is 151 Å². The molecule has 1 atom stereocenters. The normalized spacial score (nSPS) is 11.9. The van der Waals surface area contributed by atoms with Gasteiger partial charge in [-0.2, -0.15) is 0 Å². The van der Waals surface area contributed by atoms with Crippen molar-refractivity contribution in [1.29, 1.82) is 0 Å². The molecule has 0 saturated carbocycles. The maximum absolute atomic E-state index is 12.6. The molecule has 0 bridgehead atoms. The van der Waals surface area contributed by atoms with E-state index in [1.54, 1.807) is 28.9 Å². The number of carbonyl (C=O) groups is 2. The molecule has 3 aromatic heterocycles. The predicted molar refractivity (Wildman–Crippen MR) is 97.8 cm³/mol. The number of aromatic nitrogens is 3. The first-order chi connectivity index (χ1) is 12.6. The third-order valence-electron chi connectivity index (χ3n) is 4.11. The maximum Gasteiger partial charge on any atom is 0.288 e. The summed E-state index contributed by atoms with van der Waals surface area (Å²) in [6.07, 6.45) is 4.21. The van der Waals surface area contributed by atoms with E-state index in [4.69, 9.17) is 0 Å². The summed E-state index contributed by atoms with van der Waals surface area (Å²) in [5.74, 6) is -0.475. The fourth-order valence-electron chi connectivity index (χ4n) is 2.51. The van der Waals surface area contributed by atoms with Gasteiger partial charge in [0.15, 0.2) is 5.69 Å². The number of hydrogen-bond acceptors (Lipinski definition) is 4. The van der Waals surface area contributed by atoms with E-state index in [1.165, 1.54) is 0 Å². The van der Waals surface area contributed by atoms with Gasteiger partial charge in [-0.05, 0) is 37.6 Å². The summed E-state index contributed by atoms with van der Waals surface area (Å²) >= 11 is 0. The Morgan fingerprint density at radius 3 is 2.69 bits per heavy atom. The molecule has 7 heteroatoms. The van der Waals surface area contributed by atoms with Crippen LogP contribution >= 0.6 is 0 Å². The van der Waals surface area contributed by atoms with Crippen molar-refractivity contribution in [2.24, 2.45) is 0 Å². The van der Waals surface area contributed by atoms with E-state index >= 15 is 0 Å². The minimum absolute atomic E-state index is 0.0318. The standard InChI is InChI=1S/C19H21N5O2/c1-3-13(2)22-18(25)16-15-9-5-7-11-24(15)17(23-16)19(26)21-12-14-8-4-6-10-20-14/h4-11,13H,3,12H2,1-2H3,(H,21,26)(H,22,25). The largest absolute Gasteiger partial charge is 0.348 e. The van der Waals surface area contributed by atoms with E-state index in [0.717, 1.165) is 12.1 Å². The Balaban J connectivity index is 1.86. The van der Waals surface area contributed by atoms with E-state index in [0.29, 0.717) is 5.52 Å². The third-order valence-corrected chi connectivity index (χ3v) is 4.11. The Bertz CT molecular complexity index is 920. The Kier molecular flexibility index (Phi) is 5.26. The van der Waals surface area contributed by atoms with E-state index in [1.807, 2.05) is 38.1 Å². The van der Waals surface area contributed by atoms with Crippen LogP contribution in [0.25, 0.3) is 5.52 Å². The first kappa shape index (κ1) is 17.6. The lowest BCUT2D eigenvalue weighted by molar-refractivity contribution is 0.0936. The zero-order valence-corrected chi connectivity index (χ0v) is 14.8. The minimum atomic E-state index is -0.362. The van der Waals surface area contributed by atoms with Crippen LogP contribution in [0.15, 0.2) is 48.8 Å². The van der Waals surface area contributed by atoms with E-state index in [9.17, 15) is 9.59 Å². The van der Waals surface area contributed by atoms with Crippen molar-refractivity contribution in [1.82, 2.24) is 25.0 Å². The molecule has 0 aromatic carbocycles. The number of carbonyl (C=O) groups excluding carboxylic acids is 2. The fraction of sp³-hybridized carbons (Fsp3) is 0.263. The predicted octanol–water partition coefficient (Wildman–Crippen LogP) is 2.19. The van der Waals surface area contributed by atoms with E-state index in [2.05, 4.69) is 20.6 Å². The van der Waals surface area contributed by atoms with Crippen molar-refractivity contribution in [2.75, 3.05) is 0 Å². The molecular formula is C19H21N5O2. The molecule has 134 valence electrons. The molecule has 0 aliphatic carbocycles. The second-order valence-electron chi connectivity index (χ2n) is 6.03. The summed E-state index contributed by atoms with van der Waals surface area (Å²) < 4.78 is 1.62. The van der Waals surface area contributed by atoms with E-state index in [-0.39, 0.29) is 35.9 Å². The zero-order chi connectivity index (χ0) is 18.5. The number of amides is 2. The average molecular weight is 351 g/mol. The third kappa shape index (κ3) is 3.72. The lowest BCUT2D eigenvalue weighted by Gasteiger charge is -2.09. The van der Waals surface area contributed by atoms with Gasteiger partial charge in [0.2, 0.25) is 5.82 Å². The van der Waals surface area contributed by atoms with Crippen LogP contribution in [0, 0.1) is 0 Å². The monoisotopic (exact) mass is 351 g/mol. The number of imidazole rings is 1.